The maximum Gasteiger partial charge on any atom is 1.00 e. The van der Waals surface area contributed by atoms with E-state index in [0.29, 0.717) is 23.3 Å². The third-order valence-corrected chi connectivity index (χ3v) is 10.7. The van der Waals surface area contributed by atoms with E-state index >= 15 is 0 Å². The minimum Gasteiger partial charge on any atom is -0.872 e. The number of carbonyl (C=O) groups excluding carboxylic acids is 1. The van der Waals surface area contributed by atoms with Gasteiger partial charge in [0, 0.05) is 23.2 Å². The van der Waals surface area contributed by atoms with Crippen molar-refractivity contribution in [3.63, 3.8) is 0 Å². The van der Waals surface area contributed by atoms with Crippen molar-refractivity contribution in [2.45, 2.75) is 21.1 Å². The summed E-state index contributed by atoms with van der Waals surface area (Å²) < 4.78 is 102. The van der Waals surface area contributed by atoms with E-state index in [1.54, 1.807) is 36.4 Å². The quantitative estimate of drug-likeness (QED) is 0.0654. The van der Waals surface area contributed by atoms with Gasteiger partial charge in [-0.25, -0.2) is 0 Å². The van der Waals surface area contributed by atoms with Crippen LogP contribution in [0, 0.1) is 0 Å². The number of benzene rings is 6. The first kappa shape index (κ1) is 52.8. The molecule has 0 aliphatic heterocycles. The van der Waals surface area contributed by atoms with E-state index in [-0.39, 0.29) is 146 Å². The van der Waals surface area contributed by atoms with Crippen molar-refractivity contribution in [1.29, 1.82) is 0 Å². The average Bonchev–Trinajstić information content (AvgIpc) is 3.11. The zero-order valence-electron chi connectivity index (χ0n) is 31.2. The maximum absolute atomic E-state index is 13.4. The molecule has 0 saturated carbocycles. The molecule has 0 aromatic heterocycles. The van der Waals surface area contributed by atoms with Gasteiger partial charge in [-0.2, -0.15) is 45.7 Å². The Hall–Kier alpha value is -2.36. The number of fused-ring (bicyclic) bond motifs is 2. The summed E-state index contributed by atoms with van der Waals surface area (Å²) in [5.41, 5.74) is -0.393. The molecule has 0 amide bonds. The summed E-state index contributed by atoms with van der Waals surface area (Å²) in [7, 11) is -15.5. The second kappa shape index (κ2) is 20.7. The Kier molecular flexibility index (Phi) is 18.5. The van der Waals surface area contributed by atoms with Gasteiger partial charge < -0.3 is 25.2 Å². The molecule has 0 saturated heterocycles. The molecule has 0 radical (unpaired) electrons. The molecular weight excluding hydrogens is 877 g/mol. The van der Waals surface area contributed by atoms with Crippen molar-refractivity contribution in [1.82, 2.24) is 0 Å². The van der Waals surface area contributed by atoms with Crippen molar-refractivity contribution in [3.05, 3.63) is 96.6 Å². The molecule has 0 atom stereocenters. The smallest absolute Gasteiger partial charge is 0.872 e. The van der Waals surface area contributed by atoms with E-state index in [1.165, 1.54) is 36.4 Å². The summed E-state index contributed by atoms with van der Waals surface area (Å²) in [6, 6.07) is 19.9. The van der Waals surface area contributed by atoms with E-state index in [2.05, 4.69) is 20.5 Å². The topological polar surface area (TPSA) is 322 Å². The number of rotatable bonds is 10. The number of carboxylic acids is 1. The van der Waals surface area contributed by atoms with Crippen LogP contribution in [0.25, 0.3) is 32.7 Å². The molecule has 0 fully saturated rings. The van der Waals surface area contributed by atoms with Crippen molar-refractivity contribution in [2.75, 3.05) is 0 Å². The molecule has 59 heavy (non-hydrogen) atoms. The third-order valence-electron chi connectivity index (χ3n) is 8.01. The summed E-state index contributed by atoms with van der Waals surface area (Å²) in [5, 5.41) is 63.7. The number of azo groups is 2. The van der Waals surface area contributed by atoms with Crippen LogP contribution in [-0.4, -0.2) is 44.9 Å². The molecule has 3 N–H and O–H groups in total. The molecule has 0 aliphatic carbocycles. The van der Waals surface area contributed by atoms with Gasteiger partial charge in [-0.05, 0) is 69.9 Å². The molecule has 6 aromatic carbocycles. The van der Waals surface area contributed by atoms with Crippen LogP contribution >= 0.6 is 0 Å². The SMILES string of the molecule is O=C([O-])Cc1cc(S(=O)(=O)O)c2c(S(=O)(=O)O)cc(N=Nc3ccc(-c4ccc(N=Nc5cc(S(=O)(=O)O)c6ccccc6c5[O-])cc4)cc3)c([O-])c2c1[O-].[Na+].[Na+].[Na+].[Na+]. The van der Waals surface area contributed by atoms with Crippen LogP contribution in [0.15, 0.2) is 126 Å². The van der Waals surface area contributed by atoms with Crippen LogP contribution in [0.5, 0.6) is 17.2 Å². The number of carbonyl (C=O) groups is 1. The molecule has 6 rings (SSSR count). The number of hydrogen-bond acceptors (Lipinski definition) is 15. The minimum atomic E-state index is -5.40. The first-order valence-electron chi connectivity index (χ1n) is 15.1. The Bertz CT molecular complexity index is 2990. The van der Waals surface area contributed by atoms with Crippen LogP contribution in [0.1, 0.15) is 5.56 Å². The van der Waals surface area contributed by atoms with E-state index < -0.39 is 96.7 Å². The molecule has 0 unspecified atom stereocenters. The van der Waals surface area contributed by atoms with Gasteiger partial charge in [-0.15, -0.1) is 0 Å². The Balaban J connectivity index is 0.00000300. The molecule has 0 bridgehead atoms. The van der Waals surface area contributed by atoms with Gasteiger partial charge in [0.1, 0.15) is 14.7 Å². The summed E-state index contributed by atoms with van der Waals surface area (Å²) in [6.45, 7) is 0. The summed E-state index contributed by atoms with van der Waals surface area (Å²) in [4.78, 5) is 8.07. The normalized spacial score (nSPS) is 11.8. The summed E-state index contributed by atoms with van der Waals surface area (Å²) in [5.74, 6) is -5.27. The van der Waals surface area contributed by atoms with Crippen molar-refractivity contribution >= 4 is 80.6 Å². The third kappa shape index (κ3) is 11.8. The number of hydrogen-bond donors (Lipinski definition) is 3. The van der Waals surface area contributed by atoms with Crippen LogP contribution in [-0.2, 0) is 41.6 Å². The van der Waals surface area contributed by atoms with Crippen molar-refractivity contribution in [2.24, 2.45) is 20.5 Å². The second-order valence-corrected chi connectivity index (χ2v) is 15.7. The first-order chi connectivity index (χ1) is 25.7. The van der Waals surface area contributed by atoms with Gasteiger partial charge in [-0.1, -0.05) is 65.8 Å². The fraction of sp³-hybridized carbons (Fsp3) is 0.0294. The molecule has 0 aliphatic rings. The summed E-state index contributed by atoms with van der Waals surface area (Å²) in [6.07, 6.45) is -1.21. The predicted octanol–water partition coefficient (Wildman–Crippen LogP) is -8.24. The Morgan fingerprint density at radius 3 is 1.36 bits per heavy atom. The van der Waals surface area contributed by atoms with Crippen LogP contribution in [0.4, 0.5) is 22.7 Å². The molecule has 0 heterocycles. The van der Waals surface area contributed by atoms with Gasteiger partial charge in [0.2, 0.25) is 0 Å². The van der Waals surface area contributed by atoms with Crippen molar-refractivity contribution < 1.29 is 182 Å². The van der Waals surface area contributed by atoms with Crippen LogP contribution in [0.3, 0.4) is 0 Å². The predicted molar refractivity (Wildman–Crippen MR) is 185 cm³/mol. The standard InChI is InChI=1S/C34H24N4O14S3.4Na/c39-29(40)14-19-13-27(54(47,48)49)30-28(55(50,51)52)16-25(34(43)31(30)32(19)41)38-36-21-11-7-18(8-12-21)17-5-9-20(10-6-17)35-37-24-15-26(53(44,45)46)22-3-1-2-4-23(22)33(24)42;;;;/h1-13,15-16,41-43H,14H2,(H,39,40)(H,44,45,46)(H,47,48,49)(H,50,51,52);;;;/q;4*+1/p-4. The first-order valence-corrected chi connectivity index (χ1v) is 19.5. The summed E-state index contributed by atoms with van der Waals surface area (Å²) >= 11 is 0. The molecule has 25 heteroatoms. The number of aliphatic carboxylic acids is 1. The van der Waals surface area contributed by atoms with Gasteiger partial charge in [0.05, 0.1) is 22.7 Å². The molecule has 282 valence electrons. The Morgan fingerprint density at radius 2 is 0.915 bits per heavy atom. The zero-order chi connectivity index (χ0) is 40.0. The minimum absolute atomic E-state index is 0. The average molecular weight is 897 g/mol. The van der Waals surface area contributed by atoms with Gasteiger partial charge in [0.25, 0.3) is 30.4 Å². The Morgan fingerprint density at radius 1 is 0.508 bits per heavy atom. The van der Waals surface area contributed by atoms with E-state index in [1.807, 2.05) is 0 Å². The van der Waals surface area contributed by atoms with Crippen molar-refractivity contribution in [3.8, 4) is 28.4 Å². The number of carboxylic acid groups (broad SMARTS) is 1. The largest absolute Gasteiger partial charge is 1.00 e. The fourth-order valence-corrected chi connectivity index (χ4v) is 7.84. The van der Waals surface area contributed by atoms with Gasteiger partial charge in [0.15, 0.2) is 0 Å². The molecular formula is C34H20N4Na4O14S3. The number of nitrogens with zero attached hydrogens (tertiary/aromatic N) is 4. The van der Waals surface area contributed by atoms with E-state index in [0.717, 1.165) is 6.07 Å². The van der Waals surface area contributed by atoms with Crippen LogP contribution < -0.4 is 139 Å². The second-order valence-electron chi connectivity index (χ2n) is 11.6. The van der Waals surface area contributed by atoms with Gasteiger partial charge in [-0.3, -0.25) is 13.7 Å². The monoisotopic (exact) mass is 896 g/mol. The fourth-order valence-electron chi connectivity index (χ4n) is 5.57. The maximum atomic E-state index is 13.4. The molecule has 6 aromatic rings. The van der Waals surface area contributed by atoms with E-state index in [4.69, 9.17) is 0 Å². The van der Waals surface area contributed by atoms with Crippen LogP contribution in [0.2, 0.25) is 0 Å². The van der Waals surface area contributed by atoms with E-state index in [9.17, 15) is 64.1 Å². The molecule has 0 spiro atoms. The Labute approximate surface area is 423 Å². The van der Waals surface area contributed by atoms with Gasteiger partial charge >= 0.3 is 118 Å². The molecule has 18 nitrogen and oxygen atoms in total. The zero-order valence-corrected chi connectivity index (χ0v) is 41.7.